The molecular weight excluding hydrogens is 544 g/mol. The molecule has 0 aliphatic heterocycles. The van der Waals surface area contributed by atoms with Crippen molar-refractivity contribution < 1.29 is 22.9 Å². The Morgan fingerprint density at radius 3 is 2.18 bits per heavy atom. The lowest BCUT2D eigenvalue weighted by atomic mass is 10.1. The van der Waals surface area contributed by atoms with Crippen LogP contribution in [0.1, 0.15) is 25.8 Å². The van der Waals surface area contributed by atoms with E-state index in [0.717, 1.165) is 4.31 Å². The van der Waals surface area contributed by atoms with Gasteiger partial charge < -0.3 is 10.2 Å². The monoisotopic (exact) mass is 572 g/mol. The molecule has 3 aromatic carbocycles. The number of nitro benzene ring substituents is 1. The van der Waals surface area contributed by atoms with Crippen molar-refractivity contribution in [3.8, 4) is 0 Å². The Labute approximate surface area is 232 Å². The van der Waals surface area contributed by atoms with Crippen LogP contribution in [-0.4, -0.2) is 49.2 Å². The molecule has 0 saturated carbocycles. The molecule has 3 aromatic rings. The summed E-state index contributed by atoms with van der Waals surface area (Å²) in [4.78, 5) is 38.4. The van der Waals surface area contributed by atoms with E-state index < -0.39 is 33.4 Å². The summed E-state index contributed by atoms with van der Waals surface area (Å²) in [6, 6.07) is 18.2. The number of nitro groups is 1. The fourth-order valence-electron chi connectivity index (χ4n) is 3.75. The van der Waals surface area contributed by atoms with Crippen molar-refractivity contribution in [2.75, 3.05) is 17.4 Å². The molecule has 0 spiro atoms. The molecular formula is C27H29ClN4O6S. The van der Waals surface area contributed by atoms with Crippen LogP contribution in [0.3, 0.4) is 0 Å². The van der Waals surface area contributed by atoms with Gasteiger partial charge in [-0.2, -0.15) is 0 Å². The van der Waals surface area contributed by atoms with Crippen molar-refractivity contribution in [1.82, 2.24) is 10.2 Å². The summed E-state index contributed by atoms with van der Waals surface area (Å²) >= 11 is 6.00. The lowest BCUT2D eigenvalue weighted by molar-refractivity contribution is -0.384. The number of nitrogens with one attached hydrogen (secondary N) is 1. The minimum Gasteiger partial charge on any atom is -0.354 e. The minimum absolute atomic E-state index is 0.0240. The number of nitrogens with zero attached hydrogens (tertiary/aromatic N) is 3. The third-order valence-electron chi connectivity index (χ3n) is 5.94. The number of rotatable bonds is 12. The number of halogens is 1. The minimum atomic E-state index is -4.26. The summed E-state index contributed by atoms with van der Waals surface area (Å²) in [7, 11) is -4.26. The average Bonchev–Trinajstić information content (AvgIpc) is 2.94. The van der Waals surface area contributed by atoms with Crippen LogP contribution in [-0.2, 0) is 26.2 Å². The normalized spacial score (nSPS) is 11.9. The van der Waals surface area contributed by atoms with Gasteiger partial charge in [0.15, 0.2) is 0 Å². The van der Waals surface area contributed by atoms with Gasteiger partial charge in [-0.15, -0.1) is 0 Å². The molecule has 0 unspecified atom stereocenters. The van der Waals surface area contributed by atoms with Crippen molar-refractivity contribution in [1.29, 1.82) is 0 Å². The topological polar surface area (TPSA) is 130 Å². The largest absolute Gasteiger partial charge is 0.354 e. The van der Waals surface area contributed by atoms with Gasteiger partial charge in [-0.1, -0.05) is 48.9 Å². The van der Waals surface area contributed by atoms with Gasteiger partial charge in [0.1, 0.15) is 12.6 Å². The molecule has 206 valence electrons. The molecule has 10 nitrogen and oxygen atoms in total. The first-order valence-corrected chi connectivity index (χ1v) is 14.0. The fourth-order valence-corrected chi connectivity index (χ4v) is 5.32. The van der Waals surface area contributed by atoms with Gasteiger partial charge in [0.2, 0.25) is 11.8 Å². The van der Waals surface area contributed by atoms with Crippen LogP contribution >= 0.6 is 11.6 Å². The van der Waals surface area contributed by atoms with Crippen LogP contribution < -0.4 is 9.62 Å². The van der Waals surface area contributed by atoms with Crippen molar-refractivity contribution in [3.05, 3.63) is 99.6 Å². The van der Waals surface area contributed by atoms with Gasteiger partial charge in [0.25, 0.3) is 15.7 Å². The molecule has 3 rings (SSSR count). The number of hydrogen-bond acceptors (Lipinski definition) is 6. The van der Waals surface area contributed by atoms with E-state index in [-0.39, 0.29) is 28.7 Å². The fraction of sp³-hybridized carbons (Fsp3) is 0.259. The SMILES string of the molecule is CCCNC(=O)[C@H](C)N(Cc1ccc(Cl)cc1)C(=O)CN(c1ccc([N+](=O)[O-])cc1)S(=O)(=O)c1ccccc1. The summed E-state index contributed by atoms with van der Waals surface area (Å²) in [5, 5.41) is 14.4. The standard InChI is InChI=1S/C27H29ClN4O6S/c1-3-17-29-27(34)20(2)30(18-21-9-11-22(28)12-10-21)26(33)19-31(23-13-15-24(16-14-23)32(35)36)39(37,38)25-7-5-4-6-8-25/h4-16,20H,3,17-19H2,1-2H3,(H,29,34)/t20-/m0/s1. The second kappa shape index (κ2) is 13.2. The molecule has 0 bridgehead atoms. The third kappa shape index (κ3) is 7.55. The van der Waals surface area contributed by atoms with E-state index in [0.29, 0.717) is 23.6 Å². The first-order valence-electron chi connectivity index (χ1n) is 12.2. The van der Waals surface area contributed by atoms with Crippen LogP contribution in [0.2, 0.25) is 5.02 Å². The summed E-state index contributed by atoms with van der Waals surface area (Å²) in [6.45, 7) is 3.27. The summed E-state index contributed by atoms with van der Waals surface area (Å²) in [6.07, 6.45) is 0.701. The molecule has 0 aromatic heterocycles. The highest BCUT2D eigenvalue weighted by atomic mass is 35.5. The number of amides is 2. The van der Waals surface area contributed by atoms with E-state index in [2.05, 4.69) is 5.32 Å². The first-order chi connectivity index (χ1) is 18.5. The average molecular weight is 573 g/mol. The molecule has 1 atom stereocenters. The third-order valence-corrected chi connectivity index (χ3v) is 7.98. The van der Waals surface area contributed by atoms with E-state index in [1.165, 1.54) is 41.3 Å². The van der Waals surface area contributed by atoms with E-state index >= 15 is 0 Å². The Hall–Kier alpha value is -3.96. The van der Waals surface area contributed by atoms with Gasteiger partial charge in [-0.3, -0.25) is 24.0 Å². The van der Waals surface area contributed by atoms with Crippen molar-refractivity contribution in [3.63, 3.8) is 0 Å². The zero-order chi connectivity index (χ0) is 28.6. The number of benzene rings is 3. The number of anilines is 1. The summed E-state index contributed by atoms with van der Waals surface area (Å²) in [5.74, 6) is -1.02. The maximum absolute atomic E-state index is 13.8. The maximum Gasteiger partial charge on any atom is 0.269 e. The Balaban J connectivity index is 2.02. The molecule has 39 heavy (non-hydrogen) atoms. The predicted molar refractivity (Wildman–Crippen MR) is 149 cm³/mol. The summed E-state index contributed by atoms with van der Waals surface area (Å²) < 4.78 is 28.2. The van der Waals surface area contributed by atoms with Crippen LogP contribution in [0.4, 0.5) is 11.4 Å². The Kier molecular flexibility index (Phi) is 10.0. The van der Waals surface area contributed by atoms with E-state index in [1.807, 2.05) is 6.92 Å². The van der Waals surface area contributed by atoms with E-state index in [4.69, 9.17) is 11.6 Å². The zero-order valence-electron chi connectivity index (χ0n) is 21.5. The van der Waals surface area contributed by atoms with Crippen LogP contribution in [0.5, 0.6) is 0 Å². The van der Waals surface area contributed by atoms with Gasteiger partial charge in [-0.05, 0) is 55.3 Å². The van der Waals surface area contributed by atoms with Crippen molar-refractivity contribution >= 4 is 44.8 Å². The predicted octanol–water partition coefficient (Wildman–Crippen LogP) is 4.39. The van der Waals surface area contributed by atoms with Crippen molar-refractivity contribution in [2.24, 2.45) is 0 Å². The number of carbonyl (C=O) groups is 2. The molecule has 0 radical (unpaired) electrons. The second-order valence-corrected chi connectivity index (χ2v) is 11.0. The van der Waals surface area contributed by atoms with Gasteiger partial charge in [0.05, 0.1) is 15.5 Å². The molecule has 0 saturated heterocycles. The molecule has 0 aliphatic rings. The zero-order valence-corrected chi connectivity index (χ0v) is 23.1. The van der Waals surface area contributed by atoms with Gasteiger partial charge >= 0.3 is 0 Å². The van der Waals surface area contributed by atoms with E-state index in [9.17, 15) is 28.1 Å². The van der Waals surface area contributed by atoms with Crippen molar-refractivity contribution in [2.45, 2.75) is 37.8 Å². The highest BCUT2D eigenvalue weighted by Gasteiger charge is 2.32. The molecule has 0 heterocycles. The van der Waals surface area contributed by atoms with Gasteiger partial charge in [0, 0.05) is 30.2 Å². The van der Waals surface area contributed by atoms with Crippen LogP contribution in [0.15, 0.2) is 83.8 Å². The van der Waals surface area contributed by atoms with Crippen LogP contribution in [0.25, 0.3) is 0 Å². The maximum atomic E-state index is 13.8. The molecule has 12 heteroatoms. The number of hydrogen-bond donors (Lipinski definition) is 1. The molecule has 2 amide bonds. The number of sulfonamides is 1. The Morgan fingerprint density at radius 1 is 1.00 bits per heavy atom. The Morgan fingerprint density at radius 2 is 1.62 bits per heavy atom. The quantitative estimate of drug-likeness (QED) is 0.253. The second-order valence-electron chi connectivity index (χ2n) is 8.71. The highest BCUT2D eigenvalue weighted by molar-refractivity contribution is 7.92. The van der Waals surface area contributed by atoms with Gasteiger partial charge in [-0.25, -0.2) is 8.42 Å². The summed E-state index contributed by atoms with van der Waals surface area (Å²) in [5.41, 5.74) is 0.524. The van der Waals surface area contributed by atoms with E-state index in [1.54, 1.807) is 49.4 Å². The number of carbonyl (C=O) groups excluding carboxylic acids is 2. The molecule has 0 fully saturated rings. The lowest BCUT2D eigenvalue weighted by Gasteiger charge is -2.32. The number of non-ortho nitro benzene ring substituents is 1. The van der Waals surface area contributed by atoms with Crippen LogP contribution in [0, 0.1) is 10.1 Å². The molecule has 0 aliphatic carbocycles. The lowest BCUT2D eigenvalue weighted by Crippen LogP contribution is -2.51. The molecule has 1 N–H and O–H groups in total. The Bertz CT molecular complexity index is 1400. The highest BCUT2D eigenvalue weighted by Crippen LogP contribution is 2.26. The first kappa shape index (κ1) is 29.6. The smallest absolute Gasteiger partial charge is 0.269 e.